The first-order chi connectivity index (χ1) is 10.0. The highest BCUT2D eigenvalue weighted by Gasteiger charge is 2.10. The van der Waals surface area contributed by atoms with E-state index in [4.69, 9.17) is 5.73 Å². The van der Waals surface area contributed by atoms with Gasteiger partial charge in [-0.25, -0.2) is 0 Å². The van der Waals surface area contributed by atoms with Crippen molar-refractivity contribution in [3.63, 3.8) is 0 Å². The summed E-state index contributed by atoms with van der Waals surface area (Å²) in [6, 6.07) is 11.8. The summed E-state index contributed by atoms with van der Waals surface area (Å²) in [6.07, 6.45) is 0.781. The van der Waals surface area contributed by atoms with Gasteiger partial charge in [0, 0.05) is 11.3 Å². The molecule has 0 bridgehead atoms. The number of hydrogen-bond acceptors (Lipinski definition) is 2. The molecule has 0 fully saturated rings. The lowest BCUT2D eigenvalue weighted by molar-refractivity contribution is 0.102. The van der Waals surface area contributed by atoms with Gasteiger partial charge in [-0.2, -0.15) is 0 Å². The molecule has 0 saturated heterocycles. The SMILES string of the molecule is Cc1cc(C)c(NC(=O)c2cccc(CCN)c2)c(C)c1. The third-order valence-corrected chi connectivity index (χ3v) is 3.54. The maximum absolute atomic E-state index is 12.4. The van der Waals surface area contributed by atoms with Crippen molar-refractivity contribution < 1.29 is 4.79 Å². The minimum Gasteiger partial charge on any atom is -0.330 e. The van der Waals surface area contributed by atoms with Crippen LogP contribution in [0.3, 0.4) is 0 Å². The van der Waals surface area contributed by atoms with Gasteiger partial charge < -0.3 is 11.1 Å². The minimum atomic E-state index is -0.0797. The Hall–Kier alpha value is -2.13. The molecule has 0 spiro atoms. The van der Waals surface area contributed by atoms with E-state index in [1.165, 1.54) is 5.56 Å². The number of aryl methyl sites for hydroxylation is 3. The van der Waals surface area contributed by atoms with E-state index in [9.17, 15) is 4.79 Å². The van der Waals surface area contributed by atoms with E-state index in [1.807, 2.05) is 38.1 Å². The number of carbonyl (C=O) groups excluding carboxylic acids is 1. The van der Waals surface area contributed by atoms with Crippen molar-refractivity contribution in [3.8, 4) is 0 Å². The fraction of sp³-hybridized carbons (Fsp3) is 0.278. The topological polar surface area (TPSA) is 55.1 Å². The van der Waals surface area contributed by atoms with Gasteiger partial charge in [0.1, 0.15) is 0 Å². The Morgan fingerprint density at radius 1 is 1.10 bits per heavy atom. The molecular weight excluding hydrogens is 260 g/mol. The highest BCUT2D eigenvalue weighted by molar-refractivity contribution is 6.05. The van der Waals surface area contributed by atoms with Crippen molar-refractivity contribution in [3.05, 3.63) is 64.2 Å². The largest absolute Gasteiger partial charge is 0.330 e. The molecular formula is C18H22N2O. The fourth-order valence-corrected chi connectivity index (χ4v) is 2.60. The Morgan fingerprint density at radius 3 is 2.38 bits per heavy atom. The Bertz CT molecular complexity index is 639. The van der Waals surface area contributed by atoms with Gasteiger partial charge in [-0.15, -0.1) is 0 Å². The highest BCUT2D eigenvalue weighted by atomic mass is 16.1. The first-order valence-electron chi connectivity index (χ1n) is 7.19. The minimum absolute atomic E-state index is 0.0797. The van der Waals surface area contributed by atoms with E-state index in [-0.39, 0.29) is 5.91 Å². The van der Waals surface area contributed by atoms with E-state index < -0.39 is 0 Å². The molecule has 2 aromatic carbocycles. The second-order valence-electron chi connectivity index (χ2n) is 5.47. The van der Waals surface area contributed by atoms with Crippen LogP contribution in [-0.4, -0.2) is 12.5 Å². The Morgan fingerprint density at radius 2 is 1.76 bits per heavy atom. The molecule has 0 radical (unpaired) electrons. The average Bonchev–Trinajstić information content (AvgIpc) is 2.43. The summed E-state index contributed by atoms with van der Waals surface area (Å²) < 4.78 is 0. The van der Waals surface area contributed by atoms with Crippen molar-refractivity contribution in [1.29, 1.82) is 0 Å². The summed E-state index contributed by atoms with van der Waals surface area (Å²) in [5, 5.41) is 3.02. The summed E-state index contributed by atoms with van der Waals surface area (Å²) in [6.45, 7) is 6.67. The predicted molar refractivity (Wildman–Crippen MR) is 87.8 cm³/mol. The van der Waals surface area contributed by atoms with Gasteiger partial charge in [0.05, 0.1) is 0 Å². The van der Waals surface area contributed by atoms with Gasteiger partial charge in [0.15, 0.2) is 0 Å². The van der Waals surface area contributed by atoms with Crippen molar-refractivity contribution in [2.75, 3.05) is 11.9 Å². The molecule has 3 N–H and O–H groups in total. The van der Waals surface area contributed by atoms with Gasteiger partial charge in [-0.1, -0.05) is 29.8 Å². The molecule has 3 nitrogen and oxygen atoms in total. The third-order valence-electron chi connectivity index (χ3n) is 3.54. The standard InChI is InChI=1S/C18H22N2O/c1-12-9-13(2)17(14(3)10-12)20-18(21)16-6-4-5-15(11-16)7-8-19/h4-6,9-11H,7-8,19H2,1-3H3,(H,20,21). The molecule has 0 saturated carbocycles. The van der Waals surface area contributed by atoms with Crippen LogP contribution in [0.4, 0.5) is 5.69 Å². The molecule has 3 heteroatoms. The maximum atomic E-state index is 12.4. The molecule has 0 aromatic heterocycles. The summed E-state index contributed by atoms with van der Waals surface area (Å²) in [5.74, 6) is -0.0797. The maximum Gasteiger partial charge on any atom is 0.255 e. The van der Waals surface area contributed by atoms with Crippen LogP contribution in [0.5, 0.6) is 0 Å². The second kappa shape index (κ2) is 6.55. The average molecular weight is 282 g/mol. The Labute approximate surface area is 126 Å². The van der Waals surface area contributed by atoms with Crippen LogP contribution in [0.2, 0.25) is 0 Å². The van der Waals surface area contributed by atoms with Crippen LogP contribution in [-0.2, 0) is 6.42 Å². The summed E-state index contributed by atoms with van der Waals surface area (Å²) in [5.41, 5.74) is 11.6. The zero-order valence-electron chi connectivity index (χ0n) is 12.9. The molecule has 1 amide bonds. The van der Waals surface area contributed by atoms with Gasteiger partial charge in [0.25, 0.3) is 5.91 Å². The number of nitrogens with two attached hydrogens (primary N) is 1. The first kappa shape index (κ1) is 15.3. The van der Waals surface area contributed by atoms with E-state index >= 15 is 0 Å². The normalized spacial score (nSPS) is 10.5. The summed E-state index contributed by atoms with van der Waals surface area (Å²) in [4.78, 5) is 12.4. The number of amides is 1. The summed E-state index contributed by atoms with van der Waals surface area (Å²) in [7, 11) is 0. The van der Waals surface area contributed by atoms with E-state index in [0.717, 1.165) is 28.8 Å². The summed E-state index contributed by atoms with van der Waals surface area (Å²) >= 11 is 0. The molecule has 21 heavy (non-hydrogen) atoms. The van der Waals surface area contributed by atoms with Gasteiger partial charge in [-0.05, 0) is 62.6 Å². The fourth-order valence-electron chi connectivity index (χ4n) is 2.60. The molecule has 2 rings (SSSR count). The number of nitrogens with one attached hydrogen (secondary N) is 1. The molecule has 0 heterocycles. The number of hydrogen-bond donors (Lipinski definition) is 2. The zero-order chi connectivity index (χ0) is 15.4. The number of rotatable bonds is 4. The molecule has 0 aliphatic heterocycles. The van der Waals surface area contributed by atoms with Gasteiger partial charge >= 0.3 is 0 Å². The van der Waals surface area contributed by atoms with E-state index in [2.05, 4.69) is 24.4 Å². The lowest BCUT2D eigenvalue weighted by Gasteiger charge is -2.13. The van der Waals surface area contributed by atoms with Crippen molar-refractivity contribution in [2.24, 2.45) is 5.73 Å². The zero-order valence-corrected chi connectivity index (χ0v) is 12.9. The number of anilines is 1. The lowest BCUT2D eigenvalue weighted by Crippen LogP contribution is -2.14. The van der Waals surface area contributed by atoms with Crippen molar-refractivity contribution in [2.45, 2.75) is 27.2 Å². The Balaban J connectivity index is 2.24. The van der Waals surface area contributed by atoms with Crippen LogP contribution in [0, 0.1) is 20.8 Å². The number of benzene rings is 2. The molecule has 0 unspecified atom stereocenters. The van der Waals surface area contributed by atoms with Crippen LogP contribution in [0.25, 0.3) is 0 Å². The lowest BCUT2D eigenvalue weighted by atomic mass is 10.0. The van der Waals surface area contributed by atoms with Crippen molar-refractivity contribution >= 4 is 11.6 Å². The quantitative estimate of drug-likeness (QED) is 0.903. The van der Waals surface area contributed by atoms with E-state index in [0.29, 0.717) is 12.1 Å². The molecule has 110 valence electrons. The monoisotopic (exact) mass is 282 g/mol. The smallest absolute Gasteiger partial charge is 0.255 e. The van der Waals surface area contributed by atoms with Crippen LogP contribution < -0.4 is 11.1 Å². The number of carbonyl (C=O) groups is 1. The highest BCUT2D eigenvalue weighted by Crippen LogP contribution is 2.22. The third kappa shape index (κ3) is 3.70. The first-order valence-corrected chi connectivity index (χ1v) is 7.19. The van der Waals surface area contributed by atoms with Crippen LogP contribution in [0.1, 0.15) is 32.6 Å². The van der Waals surface area contributed by atoms with Crippen LogP contribution >= 0.6 is 0 Å². The Kier molecular flexibility index (Phi) is 4.76. The van der Waals surface area contributed by atoms with Gasteiger partial charge in [-0.3, -0.25) is 4.79 Å². The molecule has 0 aliphatic carbocycles. The molecule has 0 aliphatic rings. The van der Waals surface area contributed by atoms with Crippen molar-refractivity contribution in [1.82, 2.24) is 0 Å². The van der Waals surface area contributed by atoms with E-state index in [1.54, 1.807) is 0 Å². The predicted octanol–water partition coefficient (Wildman–Crippen LogP) is 3.37. The van der Waals surface area contributed by atoms with Crippen LogP contribution in [0.15, 0.2) is 36.4 Å². The van der Waals surface area contributed by atoms with Gasteiger partial charge in [0.2, 0.25) is 0 Å². The molecule has 0 atom stereocenters. The molecule has 2 aromatic rings. The second-order valence-corrected chi connectivity index (χ2v) is 5.47.